The van der Waals surface area contributed by atoms with Crippen LogP contribution in [0.1, 0.15) is 39.3 Å². The number of amides is 2. The fourth-order valence-electron chi connectivity index (χ4n) is 2.34. The highest BCUT2D eigenvalue weighted by atomic mass is 16.4. The van der Waals surface area contributed by atoms with Crippen molar-refractivity contribution in [2.75, 3.05) is 0 Å². The molecule has 7 nitrogen and oxygen atoms in total. The zero-order valence-corrected chi connectivity index (χ0v) is 12.7. The first kappa shape index (κ1) is 17.0. The van der Waals surface area contributed by atoms with Gasteiger partial charge in [-0.15, -0.1) is 0 Å². The highest BCUT2D eigenvalue weighted by molar-refractivity contribution is 5.82. The Morgan fingerprint density at radius 3 is 2.48 bits per heavy atom. The van der Waals surface area contributed by atoms with Crippen LogP contribution in [-0.2, 0) is 11.2 Å². The van der Waals surface area contributed by atoms with Crippen LogP contribution in [0.3, 0.4) is 0 Å². The van der Waals surface area contributed by atoms with Crippen LogP contribution in [0.15, 0.2) is 12.5 Å². The summed E-state index contributed by atoms with van der Waals surface area (Å²) in [4.78, 5) is 29.8. The molecule has 1 aromatic heterocycles. The maximum absolute atomic E-state index is 11.9. The normalized spacial score (nSPS) is 13.7. The molecule has 1 heterocycles. The number of aliphatic carboxylic acids is 1. The summed E-state index contributed by atoms with van der Waals surface area (Å²) in [5, 5.41) is 14.5. The van der Waals surface area contributed by atoms with Crippen molar-refractivity contribution in [3.05, 3.63) is 18.2 Å². The Labute approximate surface area is 124 Å². The molecule has 0 aliphatic heterocycles. The number of rotatable bonds is 8. The van der Waals surface area contributed by atoms with Gasteiger partial charge >= 0.3 is 12.0 Å². The number of carboxylic acids is 1. The fraction of sp³-hybridized carbons (Fsp3) is 0.643. The molecule has 1 rings (SSSR count). The summed E-state index contributed by atoms with van der Waals surface area (Å²) < 4.78 is 0. The molecular weight excluding hydrogens is 272 g/mol. The van der Waals surface area contributed by atoms with Gasteiger partial charge in [-0.05, 0) is 12.8 Å². The van der Waals surface area contributed by atoms with Crippen LogP contribution in [-0.4, -0.2) is 39.2 Å². The minimum atomic E-state index is -1.07. The van der Waals surface area contributed by atoms with Crippen molar-refractivity contribution in [1.29, 1.82) is 0 Å². The molecule has 0 aliphatic carbocycles. The number of hydrogen-bond donors (Lipinski definition) is 4. The number of aromatic amines is 1. The second kappa shape index (κ2) is 8.28. The Morgan fingerprint density at radius 2 is 2.00 bits per heavy atom. The van der Waals surface area contributed by atoms with Crippen LogP contribution in [0.25, 0.3) is 0 Å². The third-order valence-electron chi connectivity index (χ3n) is 3.70. The van der Waals surface area contributed by atoms with E-state index < -0.39 is 18.0 Å². The van der Waals surface area contributed by atoms with E-state index in [0.29, 0.717) is 11.6 Å². The van der Waals surface area contributed by atoms with E-state index in [-0.39, 0.29) is 12.5 Å². The Kier molecular flexibility index (Phi) is 6.71. The Balaban J connectivity index is 2.54. The van der Waals surface area contributed by atoms with Gasteiger partial charge in [0.1, 0.15) is 6.04 Å². The highest BCUT2D eigenvalue weighted by Gasteiger charge is 2.23. The zero-order chi connectivity index (χ0) is 15.8. The van der Waals surface area contributed by atoms with Crippen molar-refractivity contribution in [1.82, 2.24) is 20.6 Å². The van der Waals surface area contributed by atoms with Crippen LogP contribution < -0.4 is 10.6 Å². The number of H-pyrrole nitrogens is 1. The second-order valence-corrected chi connectivity index (χ2v) is 5.15. The second-order valence-electron chi connectivity index (χ2n) is 5.15. The molecule has 4 N–H and O–H groups in total. The van der Waals surface area contributed by atoms with Crippen molar-refractivity contribution in [3.8, 4) is 0 Å². The quantitative estimate of drug-likeness (QED) is 0.583. The largest absolute Gasteiger partial charge is 0.480 e. The lowest BCUT2D eigenvalue weighted by molar-refractivity contribution is -0.139. The van der Waals surface area contributed by atoms with Gasteiger partial charge in [0.15, 0.2) is 0 Å². The average molecular weight is 296 g/mol. The molecular formula is C14H24N4O3. The first-order valence-corrected chi connectivity index (χ1v) is 7.24. The number of carbonyl (C=O) groups excluding carboxylic acids is 1. The third kappa shape index (κ3) is 5.45. The Bertz CT molecular complexity index is 443. The molecule has 0 aromatic carbocycles. The number of carbonyl (C=O) groups is 2. The van der Waals surface area contributed by atoms with Gasteiger partial charge in [0.05, 0.1) is 6.33 Å². The molecule has 0 bridgehead atoms. The lowest BCUT2D eigenvalue weighted by Crippen LogP contribution is -2.50. The van der Waals surface area contributed by atoms with Gasteiger partial charge in [-0.2, -0.15) is 0 Å². The van der Waals surface area contributed by atoms with Crippen molar-refractivity contribution < 1.29 is 14.7 Å². The summed E-state index contributed by atoms with van der Waals surface area (Å²) in [5.74, 6) is -0.693. The first-order valence-electron chi connectivity index (χ1n) is 7.24. The molecule has 2 atom stereocenters. The van der Waals surface area contributed by atoms with Gasteiger partial charge in [-0.3, -0.25) is 0 Å². The van der Waals surface area contributed by atoms with E-state index in [1.165, 1.54) is 6.33 Å². The van der Waals surface area contributed by atoms with Gasteiger partial charge in [-0.1, -0.05) is 26.7 Å². The minimum Gasteiger partial charge on any atom is -0.480 e. The summed E-state index contributed by atoms with van der Waals surface area (Å²) in [5.41, 5.74) is 0.663. The lowest BCUT2D eigenvalue weighted by atomic mass is 9.96. The summed E-state index contributed by atoms with van der Waals surface area (Å²) in [6, 6.07) is -1.44. The number of aromatic nitrogens is 2. The summed E-state index contributed by atoms with van der Waals surface area (Å²) in [6.45, 7) is 6.08. The molecule has 118 valence electrons. The molecule has 0 aliphatic rings. The Hall–Kier alpha value is -2.05. The standard InChI is InChI=1S/C14H24N4O3/c1-4-10(5-2)9(3)17-14(21)18-12(13(19)20)6-11-7-15-8-16-11/h7-10,12H,4-6H2,1-3H3,(H,15,16)(H,19,20)(H2,17,18,21)/t9?,12-/m1/s1. The number of hydrogen-bond acceptors (Lipinski definition) is 3. The topological polar surface area (TPSA) is 107 Å². The third-order valence-corrected chi connectivity index (χ3v) is 3.70. The van der Waals surface area contributed by atoms with E-state index in [9.17, 15) is 14.7 Å². The van der Waals surface area contributed by atoms with Gasteiger partial charge in [0.2, 0.25) is 0 Å². The van der Waals surface area contributed by atoms with Crippen LogP contribution in [0.4, 0.5) is 4.79 Å². The van der Waals surface area contributed by atoms with E-state index in [0.717, 1.165) is 12.8 Å². The first-order chi connectivity index (χ1) is 9.97. The van der Waals surface area contributed by atoms with Gasteiger partial charge in [-0.25, -0.2) is 14.6 Å². The van der Waals surface area contributed by atoms with Gasteiger partial charge < -0.3 is 20.7 Å². The van der Waals surface area contributed by atoms with E-state index in [1.54, 1.807) is 6.20 Å². The van der Waals surface area contributed by atoms with Crippen molar-refractivity contribution >= 4 is 12.0 Å². The van der Waals surface area contributed by atoms with Crippen molar-refractivity contribution in [2.24, 2.45) is 5.92 Å². The molecule has 0 saturated carbocycles. The maximum atomic E-state index is 11.9. The maximum Gasteiger partial charge on any atom is 0.326 e. The molecule has 0 spiro atoms. The molecule has 2 amide bonds. The average Bonchev–Trinajstić information content (AvgIpc) is 2.92. The number of nitrogens with zero attached hydrogens (tertiary/aromatic N) is 1. The van der Waals surface area contributed by atoms with Gasteiger partial charge in [0, 0.05) is 24.4 Å². The molecule has 21 heavy (non-hydrogen) atoms. The molecule has 0 radical (unpaired) electrons. The number of urea groups is 1. The number of nitrogens with one attached hydrogen (secondary N) is 3. The van der Waals surface area contributed by atoms with E-state index >= 15 is 0 Å². The summed E-state index contributed by atoms with van der Waals surface area (Å²) >= 11 is 0. The smallest absolute Gasteiger partial charge is 0.326 e. The van der Waals surface area contributed by atoms with Crippen LogP contribution >= 0.6 is 0 Å². The Morgan fingerprint density at radius 1 is 1.33 bits per heavy atom. The van der Waals surface area contributed by atoms with Crippen LogP contribution in [0.5, 0.6) is 0 Å². The summed E-state index contributed by atoms with van der Waals surface area (Å²) in [6.07, 6.45) is 5.12. The van der Waals surface area contributed by atoms with Crippen molar-refractivity contribution in [3.63, 3.8) is 0 Å². The van der Waals surface area contributed by atoms with E-state index in [2.05, 4.69) is 34.4 Å². The fourth-order valence-corrected chi connectivity index (χ4v) is 2.34. The molecule has 1 unspecified atom stereocenters. The van der Waals surface area contributed by atoms with Crippen LogP contribution in [0.2, 0.25) is 0 Å². The number of carboxylic acid groups (broad SMARTS) is 1. The SMILES string of the molecule is CCC(CC)C(C)NC(=O)N[C@H](Cc1cnc[nH]1)C(=O)O. The summed E-state index contributed by atoms with van der Waals surface area (Å²) in [7, 11) is 0. The van der Waals surface area contributed by atoms with E-state index in [4.69, 9.17) is 0 Å². The van der Waals surface area contributed by atoms with Gasteiger partial charge in [0.25, 0.3) is 0 Å². The number of imidazole rings is 1. The van der Waals surface area contributed by atoms with Crippen LogP contribution in [0, 0.1) is 5.92 Å². The predicted molar refractivity (Wildman–Crippen MR) is 78.9 cm³/mol. The molecule has 0 saturated heterocycles. The zero-order valence-electron chi connectivity index (χ0n) is 12.7. The monoisotopic (exact) mass is 296 g/mol. The minimum absolute atomic E-state index is 0.00148. The lowest BCUT2D eigenvalue weighted by Gasteiger charge is -2.23. The highest BCUT2D eigenvalue weighted by Crippen LogP contribution is 2.12. The predicted octanol–water partition coefficient (Wildman–Crippen LogP) is 1.53. The molecule has 1 aromatic rings. The molecule has 0 fully saturated rings. The van der Waals surface area contributed by atoms with E-state index in [1.807, 2.05) is 6.92 Å². The van der Waals surface area contributed by atoms with Crippen molar-refractivity contribution in [2.45, 2.75) is 52.1 Å². The molecule has 7 heteroatoms.